The molecule has 1 aliphatic rings. The van der Waals surface area contributed by atoms with Gasteiger partial charge < -0.3 is 0 Å². The Labute approximate surface area is 148 Å². The smallest absolute Gasteiger partial charge is 0.267 e. The second-order valence-electron chi connectivity index (χ2n) is 5.93. The summed E-state index contributed by atoms with van der Waals surface area (Å²) in [6, 6.07) is 7.42. The number of rotatable bonds is 2. The fraction of sp³-hybridized carbons (Fsp3) is 0.278. The first kappa shape index (κ1) is 15.5. The number of benzene rings is 1. The van der Waals surface area contributed by atoms with E-state index in [-0.39, 0.29) is 5.56 Å². The Morgan fingerprint density at radius 2 is 2.08 bits per heavy atom. The highest BCUT2D eigenvalue weighted by Crippen LogP contribution is 2.33. The first-order valence-electron chi connectivity index (χ1n) is 7.98. The molecule has 0 saturated heterocycles. The van der Waals surface area contributed by atoms with Crippen LogP contribution in [0.2, 0.25) is 5.02 Å². The van der Waals surface area contributed by atoms with Gasteiger partial charge in [-0.2, -0.15) is 9.78 Å². The third kappa shape index (κ3) is 2.58. The molecule has 4 rings (SSSR count). The molecule has 0 bridgehead atoms. The lowest BCUT2D eigenvalue weighted by Crippen LogP contribution is -2.21. The molecule has 0 unspecified atom stereocenters. The monoisotopic (exact) mass is 357 g/mol. The predicted octanol–water partition coefficient (Wildman–Crippen LogP) is 4.18. The largest absolute Gasteiger partial charge is 0.283 e. The van der Waals surface area contributed by atoms with Crippen LogP contribution in [0.1, 0.15) is 34.7 Å². The van der Waals surface area contributed by atoms with Gasteiger partial charge in [0.1, 0.15) is 10.7 Å². The molecule has 2 heterocycles. The zero-order valence-electron chi connectivity index (χ0n) is 13.3. The third-order valence-corrected chi connectivity index (χ3v) is 5.88. The van der Waals surface area contributed by atoms with Crippen LogP contribution in [-0.4, -0.2) is 15.9 Å². The highest BCUT2D eigenvalue weighted by molar-refractivity contribution is 7.18. The van der Waals surface area contributed by atoms with Crippen molar-refractivity contribution in [2.45, 2.75) is 32.6 Å². The fourth-order valence-electron chi connectivity index (χ4n) is 3.13. The summed E-state index contributed by atoms with van der Waals surface area (Å²) in [5.74, 6) is 0.592. The summed E-state index contributed by atoms with van der Waals surface area (Å²) >= 11 is 7.81. The molecule has 0 atom stereocenters. The van der Waals surface area contributed by atoms with Crippen molar-refractivity contribution in [2.24, 2.45) is 5.10 Å². The minimum atomic E-state index is -0.0831. The van der Waals surface area contributed by atoms with Crippen LogP contribution in [0.4, 0.5) is 0 Å². The number of halogens is 1. The molecule has 1 aromatic carbocycles. The summed E-state index contributed by atoms with van der Waals surface area (Å²) in [5, 5.41) is 5.70. The molecule has 1 aliphatic carbocycles. The van der Waals surface area contributed by atoms with E-state index in [0.717, 1.165) is 35.0 Å². The Morgan fingerprint density at radius 1 is 1.29 bits per heavy atom. The number of hydrogen-bond donors (Lipinski definition) is 0. The first-order valence-corrected chi connectivity index (χ1v) is 9.17. The van der Waals surface area contributed by atoms with Crippen LogP contribution in [0.25, 0.3) is 10.2 Å². The highest BCUT2D eigenvalue weighted by Gasteiger charge is 2.21. The maximum absolute atomic E-state index is 13.0. The van der Waals surface area contributed by atoms with Crippen molar-refractivity contribution in [1.29, 1.82) is 0 Å². The van der Waals surface area contributed by atoms with Gasteiger partial charge in [0.25, 0.3) is 5.56 Å². The van der Waals surface area contributed by atoms with Crippen molar-refractivity contribution in [1.82, 2.24) is 9.66 Å². The topological polar surface area (TPSA) is 47.2 Å². The molecule has 0 saturated carbocycles. The van der Waals surface area contributed by atoms with Gasteiger partial charge in [-0.05, 0) is 44.2 Å². The van der Waals surface area contributed by atoms with E-state index >= 15 is 0 Å². The molecule has 2 aromatic heterocycles. The molecule has 6 heteroatoms. The van der Waals surface area contributed by atoms with Crippen molar-refractivity contribution in [3.8, 4) is 0 Å². The Hall–Kier alpha value is -1.98. The number of thiophene rings is 1. The van der Waals surface area contributed by atoms with Gasteiger partial charge in [-0.3, -0.25) is 4.79 Å². The second kappa shape index (κ2) is 6.15. The van der Waals surface area contributed by atoms with Crippen LogP contribution >= 0.6 is 22.9 Å². The fourth-order valence-corrected chi connectivity index (χ4v) is 4.62. The molecule has 0 fully saturated rings. The van der Waals surface area contributed by atoms with Crippen molar-refractivity contribution >= 4 is 39.4 Å². The van der Waals surface area contributed by atoms with Gasteiger partial charge in [0, 0.05) is 15.5 Å². The number of aromatic nitrogens is 2. The normalized spacial score (nSPS) is 14.4. The maximum atomic E-state index is 13.0. The summed E-state index contributed by atoms with van der Waals surface area (Å²) < 4.78 is 1.38. The summed E-state index contributed by atoms with van der Waals surface area (Å²) in [4.78, 5) is 19.7. The number of fused-ring (bicyclic) bond motifs is 3. The standard InChI is InChI=1S/C18H16ClN3OS/c1-11-21-17-16(13-7-3-5-9-15(13)24-17)18(23)22(11)20-10-12-6-2-4-8-14(12)19/h2,4,6,8,10H,3,5,7,9H2,1H3/b20-10+. The van der Waals surface area contributed by atoms with E-state index in [0.29, 0.717) is 10.8 Å². The lowest BCUT2D eigenvalue weighted by Gasteiger charge is -2.10. The Bertz CT molecular complexity index is 1020. The quantitative estimate of drug-likeness (QED) is 0.646. The van der Waals surface area contributed by atoms with Crippen LogP contribution in [0.15, 0.2) is 34.2 Å². The zero-order valence-corrected chi connectivity index (χ0v) is 14.8. The molecule has 0 spiro atoms. The van der Waals surface area contributed by atoms with Gasteiger partial charge in [-0.15, -0.1) is 11.3 Å². The molecule has 0 amide bonds. The summed E-state index contributed by atoms with van der Waals surface area (Å²) in [7, 11) is 0. The molecule has 0 aliphatic heterocycles. The predicted molar refractivity (Wildman–Crippen MR) is 99.7 cm³/mol. The Balaban J connectivity index is 1.87. The number of hydrogen-bond acceptors (Lipinski definition) is 4. The van der Waals surface area contributed by atoms with Crippen LogP contribution in [0.3, 0.4) is 0 Å². The molecule has 0 N–H and O–H groups in total. The number of nitrogens with zero attached hydrogens (tertiary/aromatic N) is 3. The second-order valence-corrected chi connectivity index (χ2v) is 7.42. The Morgan fingerprint density at radius 3 is 2.92 bits per heavy atom. The molecular formula is C18H16ClN3OS. The van der Waals surface area contributed by atoms with Gasteiger partial charge >= 0.3 is 0 Å². The molecule has 4 nitrogen and oxygen atoms in total. The Kier molecular flexibility index (Phi) is 3.98. The van der Waals surface area contributed by atoms with E-state index in [1.807, 2.05) is 25.1 Å². The lowest BCUT2D eigenvalue weighted by atomic mass is 9.97. The van der Waals surface area contributed by atoms with Crippen LogP contribution in [-0.2, 0) is 12.8 Å². The minimum Gasteiger partial charge on any atom is -0.267 e. The van der Waals surface area contributed by atoms with Crippen molar-refractivity contribution in [3.05, 3.63) is 61.5 Å². The molecular weight excluding hydrogens is 342 g/mol. The van der Waals surface area contributed by atoms with Gasteiger partial charge in [-0.25, -0.2) is 4.98 Å². The lowest BCUT2D eigenvalue weighted by molar-refractivity contribution is 0.698. The van der Waals surface area contributed by atoms with Gasteiger partial charge in [0.05, 0.1) is 11.6 Å². The van der Waals surface area contributed by atoms with Gasteiger partial charge in [-0.1, -0.05) is 29.8 Å². The average molecular weight is 358 g/mol. The molecule has 24 heavy (non-hydrogen) atoms. The third-order valence-electron chi connectivity index (χ3n) is 4.35. The van der Waals surface area contributed by atoms with Crippen LogP contribution < -0.4 is 5.56 Å². The summed E-state index contributed by atoms with van der Waals surface area (Å²) in [5.41, 5.74) is 1.87. The maximum Gasteiger partial charge on any atom is 0.283 e. The van der Waals surface area contributed by atoms with Gasteiger partial charge in [0.2, 0.25) is 0 Å². The van der Waals surface area contributed by atoms with E-state index in [1.54, 1.807) is 23.6 Å². The van der Waals surface area contributed by atoms with E-state index < -0.39 is 0 Å². The molecule has 3 aromatic rings. The SMILES string of the molecule is Cc1nc2sc3c(c2c(=O)n1/N=C/c1ccccc1Cl)CCCC3. The van der Waals surface area contributed by atoms with E-state index in [4.69, 9.17) is 11.6 Å². The van der Waals surface area contributed by atoms with Crippen LogP contribution in [0.5, 0.6) is 0 Å². The van der Waals surface area contributed by atoms with Crippen molar-refractivity contribution in [2.75, 3.05) is 0 Å². The van der Waals surface area contributed by atoms with E-state index in [1.165, 1.54) is 21.5 Å². The van der Waals surface area contributed by atoms with Crippen molar-refractivity contribution < 1.29 is 0 Å². The number of aryl methyl sites for hydroxylation is 3. The summed E-state index contributed by atoms with van der Waals surface area (Å²) in [6.07, 6.45) is 5.96. The molecule has 122 valence electrons. The summed E-state index contributed by atoms with van der Waals surface area (Å²) in [6.45, 7) is 1.81. The molecule has 0 radical (unpaired) electrons. The minimum absolute atomic E-state index is 0.0831. The zero-order chi connectivity index (χ0) is 16.7. The highest BCUT2D eigenvalue weighted by atomic mass is 35.5. The first-order chi connectivity index (χ1) is 11.6. The van der Waals surface area contributed by atoms with Crippen molar-refractivity contribution in [3.63, 3.8) is 0 Å². The van der Waals surface area contributed by atoms with E-state index in [9.17, 15) is 4.79 Å². The van der Waals surface area contributed by atoms with E-state index in [2.05, 4.69) is 10.1 Å². The van der Waals surface area contributed by atoms with Gasteiger partial charge in [0.15, 0.2) is 0 Å². The van der Waals surface area contributed by atoms with Crippen LogP contribution in [0, 0.1) is 6.92 Å². The average Bonchev–Trinajstić information content (AvgIpc) is 2.94.